The molecular formula is C21H21F2N5O2S. The first-order chi connectivity index (χ1) is 14.8. The van der Waals surface area contributed by atoms with Gasteiger partial charge in [0.25, 0.3) is 5.91 Å². The molecular weight excluding hydrogens is 424 g/mol. The third-order valence-corrected chi connectivity index (χ3v) is 6.12. The molecule has 31 heavy (non-hydrogen) atoms. The fourth-order valence-corrected chi connectivity index (χ4v) is 4.50. The Hall–Kier alpha value is -2.95. The van der Waals surface area contributed by atoms with Crippen molar-refractivity contribution < 1.29 is 18.7 Å². The van der Waals surface area contributed by atoms with Crippen molar-refractivity contribution in [3.63, 3.8) is 0 Å². The van der Waals surface area contributed by atoms with Gasteiger partial charge >= 0.3 is 0 Å². The van der Waals surface area contributed by atoms with Crippen LogP contribution in [0.3, 0.4) is 0 Å². The van der Waals surface area contributed by atoms with Gasteiger partial charge < -0.3 is 21.1 Å². The number of hydrogen-bond donors (Lipinski definition) is 3. The highest BCUT2D eigenvalue weighted by molar-refractivity contribution is 7.13. The Bertz CT molecular complexity index is 1080. The number of thiazole rings is 1. The van der Waals surface area contributed by atoms with Gasteiger partial charge in [0, 0.05) is 36.6 Å². The molecule has 3 aromatic rings. The number of rotatable bonds is 4. The van der Waals surface area contributed by atoms with Crippen molar-refractivity contribution in [3.05, 3.63) is 59.4 Å². The van der Waals surface area contributed by atoms with Crippen molar-refractivity contribution in [1.29, 1.82) is 0 Å². The normalized spacial score (nSPS) is 21.2. The van der Waals surface area contributed by atoms with Gasteiger partial charge in [-0.25, -0.2) is 13.8 Å². The van der Waals surface area contributed by atoms with Gasteiger partial charge in [0.05, 0.1) is 29.2 Å². The van der Waals surface area contributed by atoms with Crippen LogP contribution in [0.15, 0.2) is 42.0 Å². The summed E-state index contributed by atoms with van der Waals surface area (Å²) >= 11 is 0.981. The molecule has 7 nitrogen and oxygen atoms in total. The maximum absolute atomic E-state index is 14.0. The van der Waals surface area contributed by atoms with Crippen molar-refractivity contribution in [2.75, 3.05) is 23.3 Å². The van der Waals surface area contributed by atoms with E-state index in [2.05, 4.69) is 15.3 Å². The van der Waals surface area contributed by atoms with Gasteiger partial charge in [-0.1, -0.05) is 13.0 Å². The number of aliphatic hydroxyl groups excluding tert-OH is 1. The van der Waals surface area contributed by atoms with Crippen molar-refractivity contribution in [3.8, 4) is 10.6 Å². The average molecular weight is 445 g/mol. The van der Waals surface area contributed by atoms with E-state index in [1.165, 1.54) is 17.6 Å². The zero-order chi connectivity index (χ0) is 22.1. The molecule has 4 N–H and O–H groups in total. The lowest BCUT2D eigenvalue weighted by molar-refractivity contribution is 0.0785. The molecule has 4 rings (SSSR count). The van der Waals surface area contributed by atoms with Crippen molar-refractivity contribution >= 4 is 28.6 Å². The number of pyridine rings is 1. The van der Waals surface area contributed by atoms with Crippen LogP contribution in [0.1, 0.15) is 17.4 Å². The highest BCUT2D eigenvalue weighted by Gasteiger charge is 2.32. The lowest BCUT2D eigenvalue weighted by Gasteiger charge is -2.40. The van der Waals surface area contributed by atoms with Gasteiger partial charge in [-0.2, -0.15) is 0 Å². The Kier molecular flexibility index (Phi) is 5.94. The number of aliphatic hydroxyl groups is 1. The summed E-state index contributed by atoms with van der Waals surface area (Å²) < 4.78 is 28.1. The summed E-state index contributed by atoms with van der Waals surface area (Å²) in [4.78, 5) is 23.0. The molecule has 2 aromatic heterocycles. The Morgan fingerprint density at radius 1 is 1.29 bits per heavy atom. The monoisotopic (exact) mass is 445 g/mol. The predicted octanol–water partition coefficient (Wildman–Crippen LogP) is 2.88. The molecule has 1 amide bonds. The van der Waals surface area contributed by atoms with Gasteiger partial charge in [0.15, 0.2) is 0 Å². The van der Waals surface area contributed by atoms with Crippen LogP contribution in [0.4, 0.5) is 20.2 Å². The number of piperidine rings is 1. The molecule has 0 bridgehead atoms. The molecule has 1 aliphatic heterocycles. The van der Waals surface area contributed by atoms with Crippen LogP contribution in [0.25, 0.3) is 10.6 Å². The molecule has 1 fully saturated rings. The highest BCUT2D eigenvalue weighted by atomic mass is 32.1. The van der Waals surface area contributed by atoms with E-state index in [0.29, 0.717) is 24.5 Å². The number of hydrogen-bond acceptors (Lipinski definition) is 7. The maximum Gasteiger partial charge on any atom is 0.275 e. The van der Waals surface area contributed by atoms with E-state index >= 15 is 0 Å². The Morgan fingerprint density at radius 3 is 2.74 bits per heavy atom. The van der Waals surface area contributed by atoms with E-state index in [-0.39, 0.29) is 22.2 Å². The molecule has 3 atom stereocenters. The van der Waals surface area contributed by atoms with E-state index in [9.17, 15) is 18.7 Å². The SMILES string of the molecule is C[C@H]1CN(c2ccncc2NC(=O)c2csc(-c3c(F)cccc3F)n2)CC(N)[C@@H]1O. The number of carbonyl (C=O) groups is 1. The second-order valence-electron chi connectivity index (χ2n) is 7.52. The molecule has 1 saturated heterocycles. The van der Waals surface area contributed by atoms with Crippen LogP contribution in [0, 0.1) is 17.6 Å². The van der Waals surface area contributed by atoms with Gasteiger partial charge in [-0.05, 0) is 18.2 Å². The number of nitrogens with zero attached hydrogens (tertiary/aromatic N) is 3. The summed E-state index contributed by atoms with van der Waals surface area (Å²) in [5, 5.41) is 14.4. The summed E-state index contributed by atoms with van der Waals surface area (Å²) in [7, 11) is 0. The summed E-state index contributed by atoms with van der Waals surface area (Å²) in [5.41, 5.74) is 7.00. The standard InChI is InChI=1S/C21H21F2N5O2S/c1-11-8-28(9-14(24)19(11)29)17-5-6-25-7-15(17)26-20(30)16-10-31-21(27-16)18-12(22)3-2-4-13(18)23/h2-7,10-11,14,19,29H,8-9,24H2,1H3,(H,26,30)/t11-,14?,19+/m0/s1. The lowest BCUT2D eigenvalue weighted by atomic mass is 9.92. The quantitative estimate of drug-likeness (QED) is 0.571. The fourth-order valence-electron chi connectivity index (χ4n) is 3.65. The fraction of sp³-hybridized carbons (Fsp3) is 0.286. The number of nitrogens with one attached hydrogen (secondary N) is 1. The molecule has 162 valence electrons. The Balaban J connectivity index is 1.56. The molecule has 1 aromatic carbocycles. The van der Waals surface area contributed by atoms with Crippen LogP contribution in [-0.2, 0) is 0 Å². The van der Waals surface area contributed by atoms with E-state index < -0.39 is 29.7 Å². The summed E-state index contributed by atoms with van der Waals surface area (Å²) in [5.74, 6) is -2.05. The number of carbonyl (C=O) groups excluding carboxylic acids is 1. The topological polar surface area (TPSA) is 104 Å². The minimum absolute atomic E-state index is 0.0385. The molecule has 0 spiro atoms. The van der Waals surface area contributed by atoms with Gasteiger partial charge in [-0.15, -0.1) is 11.3 Å². The average Bonchev–Trinajstić information content (AvgIpc) is 3.22. The molecule has 10 heteroatoms. The van der Waals surface area contributed by atoms with Crippen LogP contribution < -0.4 is 16.0 Å². The van der Waals surface area contributed by atoms with E-state index in [1.54, 1.807) is 12.3 Å². The molecule has 1 aliphatic rings. The molecule has 1 unspecified atom stereocenters. The summed E-state index contributed by atoms with van der Waals surface area (Å²) in [6, 6.07) is 4.89. The minimum Gasteiger partial charge on any atom is -0.391 e. The number of halogens is 2. The zero-order valence-corrected chi connectivity index (χ0v) is 17.4. The van der Waals surface area contributed by atoms with E-state index in [1.807, 2.05) is 11.8 Å². The second kappa shape index (κ2) is 8.66. The third kappa shape index (κ3) is 4.27. The highest BCUT2D eigenvalue weighted by Crippen LogP contribution is 2.31. The number of aromatic nitrogens is 2. The number of anilines is 2. The first kappa shape index (κ1) is 21.3. The Labute approximate surface area is 181 Å². The predicted molar refractivity (Wildman–Crippen MR) is 115 cm³/mol. The van der Waals surface area contributed by atoms with Gasteiger partial charge in [0.1, 0.15) is 22.3 Å². The number of nitrogens with two attached hydrogens (primary N) is 1. The lowest BCUT2D eigenvalue weighted by Crippen LogP contribution is -2.55. The zero-order valence-electron chi connectivity index (χ0n) is 16.6. The van der Waals surface area contributed by atoms with Gasteiger partial charge in [0.2, 0.25) is 0 Å². The smallest absolute Gasteiger partial charge is 0.275 e. The van der Waals surface area contributed by atoms with E-state index in [0.717, 1.165) is 23.5 Å². The summed E-state index contributed by atoms with van der Waals surface area (Å²) in [6.45, 7) is 2.90. The first-order valence-corrected chi connectivity index (χ1v) is 10.6. The van der Waals surface area contributed by atoms with Crippen LogP contribution in [-0.4, -0.2) is 46.2 Å². The van der Waals surface area contributed by atoms with Crippen LogP contribution in [0.2, 0.25) is 0 Å². The van der Waals surface area contributed by atoms with E-state index in [4.69, 9.17) is 5.73 Å². The van der Waals surface area contributed by atoms with Crippen molar-refractivity contribution in [2.24, 2.45) is 11.7 Å². The third-order valence-electron chi connectivity index (χ3n) is 5.26. The first-order valence-electron chi connectivity index (χ1n) is 9.69. The largest absolute Gasteiger partial charge is 0.391 e. The van der Waals surface area contributed by atoms with Gasteiger partial charge in [-0.3, -0.25) is 9.78 Å². The molecule has 0 radical (unpaired) electrons. The molecule has 0 saturated carbocycles. The summed E-state index contributed by atoms with van der Waals surface area (Å²) in [6.07, 6.45) is 2.52. The molecule has 3 heterocycles. The molecule has 0 aliphatic carbocycles. The Morgan fingerprint density at radius 2 is 2.03 bits per heavy atom. The maximum atomic E-state index is 14.0. The van der Waals surface area contributed by atoms with Crippen LogP contribution in [0.5, 0.6) is 0 Å². The van der Waals surface area contributed by atoms with Crippen molar-refractivity contribution in [2.45, 2.75) is 19.1 Å². The second-order valence-corrected chi connectivity index (χ2v) is 8.38. The van der Waals surface area contributed by atoms with Crippen LogP contribution >= 0.6 is 11.3 Å². The minimum atomic E-state index is -0.742. The number of benzene rings is 1. The number of amides is 1. The van der Waals surface area contributed by atoms with Crippen molar-refractivity contribution in [1.82, 2.24) is 9.97 Å².